The van der Waals surface area contributed by atoms with Crippen LogP contribution in [-0.2, 0) is 0 Å². The molecule has 4 nitrogen and oxygen atoms in total. The van der Waals surface area contributed by atoms with Gasteiger partial charge in [-0.05, 0) is 47.6 Å². The quantitative estimate of drug-likeness (QED) is 0.728. The van der Waals surface area contributed by atoms with Gasteiger partial charge in [-0.1, -0.05) is 0 Å². The summed E-state index contributed by atoms with van der Waals surface area (Å²) in [6, 6.07) is 4.03. The number of halogens is 1. The molecule has 4 rings (SSSR count). The van der Waals surface area contributed by atoms with E-state index in [4.69, 9.17) is 4.42 Å². The van der Waals surface area contributed by atoms with Gasteiger partial charge in [-0.3, -0.25) is 4.79 Å². The van der Waals surface area contributed by atoms with Crippen LogP contribution < -0.4 is 0 Å². The molecule has 17 heavy (non-hydrogen) atoms. The largest absolute Gasteiger partial charge is 0.445 e. The predicted molar refractivity (Wildman–Crippen MR) is 71.9 cm³/mol. The molecule has 1 aromatic rings. The number of rotatable bonds is 1. The molecule has 4 heterocycles. The second kappa shape index (κ2) is 4.61. The van der Waals surface area contributed by atoms with Gasteiger partial charge < -0.3 is 14.2 Å². The molecule has 0 atom stereocenters. The summed E-state index contributed by atoms with van der Waals surface area (Å²) in [7, 11) is 0. The van der Waals surface area contributed by atoms with Crippen molar-refractivity contribution in [1.82, 2.24) is 9.80 Å². The Hall–Kier alpha value is -0.560. The summed E-state index contributed by atoms with van der Waals surface area (Å²) >= 11 is 2.09. The minimum absolute atomic E-state index is 0.0571. The molecule has 0 aromatic carbocycles. The van der Waals surface area contributed by atoms with E-state index in [1.54, 1.807) is 6.07 Å². The zero-order valence-electron chi connectivity index (χ0n) is 9.56. The molecule has 2 bridgehead atoms. The number of hydrogen-bond donors (Lipinski definition) is 0. The smallest absolute Gasteiger partial charge is 0.289 e. The van der Waals surface area contributed by atoms with Crippen LogP contribution in [0.5, 0.6) is 0 Å². The number of furan rings is 1. The van der Waals surface area contributed by atoms with E-state index in [2.05, 4.69) is 27.5 Å². The summed E-state index contributed by atoms with van der Waals surface area (Å²) in [6.45, 7) is 4.09. The van der Waals surface area contributed by atoms with Gasteiger partial charge in [0.2, 0.25) is 0 Å². The summed E-state index contributed by atoms with van der Waals surface area (Å²) in [6.07, 6.45) is 2.20. The second-order valence-electron chi connectivity index (χ2n) is 4.68. The van der Waals surface area contributed by atoms with Crippen molar-refractivity contribution in [2.45, 2.75) is 18.9 Å². The molecule has 3 aliphatic heterocycles. The average Bonchev–Trinajstić information content (AvgIpc) is 2.58. The monoisotopic (exact) mass is 346 g/mol. The maximum Gasteiger partial charge on any atom is 0.289 e. The molecular formula is C12H15IN2O2. The Bertz CT molecular complexity index is 424. The average molecular weight is 346 g/mol. The van der Waals surface area contributed by atoms with Crippen molar-refractivity contribution in [2.24, 2.45) is 0 Å². The van der Waals surface area contributed by atoms with Crippen LogP contribution in [0.1, 0.15) is 23.4 Å². The van der Waals surface area contributed by atoms with E-state index in [9.17, 15) is 4.79 Å². The van der Waals surface area contributed by atoms with Gasteiger partial charge in [0.25, 0.3) is 5.91 Å². The van der Waals surface area contributed by atoms with Gasteiger partial charge in [0.15, 0.2) is 9.53 Å². The SMILES string of the molecule is O=C(c1ccc(I)o1)N1CCN2CCC1CC2. The lowest BCUT2D eigenvalue weighted by molar-refractivity contribution is 0.0651. The van der Waals surface area contributed by atoms with Crippen LogP contribution in [-0.4, -0.2) is 47.9 Å². The molecule has 0 saturated carbocycles. The number of amides is 1. The van der Waals surface area contributed by atoms with Gasteiger partial charge in [0, 0.05) is 32.2 Å². The molecule has 3 fully saturated rings. The molecule has 1 aromatic heterocycles. The third-order valence-corrected chi connectivity index (χ3v) is 4.28. The Morgan fingerprint density at radius 3 is 2.65 bits per heavy atom. The lowest BCUT2D eigenvalue weighted by Crippen LogP contribution is -2.41. The summed E-state index contributed by atoms with van der Waals surface area (Å²) in [5, 5.41) is 0. The molecule has 1 amide bonds. The van der Waals surface area contributed by atoms with E-state index < -0.39 is 0 Å². The molecule has 3 saturated heterocycles. The Balaban J connectivity index is 1.81. The normalized spacial score (nSPS) is 28.2. The first-order chi connectivity index (χ1) is 8.24. The zero-order chi connectivity index (χ0) is 11.8. The highest BCUT2D eigenvalue weighted by molar-refractivity contribution is 14.1. The van der Waals surface area contributed by atoms with Crippen molar-refractivity contribution in [3.8, 4) is 0 Å². The van der Waals surface area contributed by atoms with E-state index >= 15 is 0 Å². The minimum Gasteiger partial charge on any atom is -0.445 e. The maximum absolute atomic E-state index is 12.4. The van der Waals surface area contributed by atoms with Crippen LogP contribution in [0.4, 0.5) is 0 Å². The molecule has 92 valence electrons. The van der Waals surface area contributed by atoms with E-state index in [-0.39, 0.29) is 5.91 Å². The molecule has 0 unspecified atom stereocenters. The van der Waals surface area contributed by atoms with Gasteiger partial charge in [-0.2, -0.15) is 0 Å². The van der Waals surface area contributed by atoms with Crippen molar-refractivity contribution in [1.29, 1.82) is 0 Å². The molecule has 0 radical (unpaired) electrons. The number of hydrogen-bond acceptors (Lipinski definition) is 3. The fraction of sp³-hybridized carbons (Fsp3) is 0.583. The Morgan fingerprint density at radius 2 is 2.00 bits per heavy atom. The summed E-state index contributed by atoms with van der Waals surface area (Å²) in [5.41, 5.74) is 0. The van der Waals surface area contributed by atoms with E-state index in [1.165, 1.54) is 0 Å². The van der Waals surface area contributed by atoms with Crippen LogP contribution in [0.25, 0.3) is 0 Å². The summed E-state index contributed by atoms with van der Waals surface area (Å²) in [5.74, 6) is 0.538. The number of piperidine rings is 1. The zero-order valence-corrected chi connectivity index (χ0v) is 11.7. The van der Waals surface area contributed by atoms with Crippen molar-refractivity contribution in [2.75, 3.05) is 26.2 Å². The topological polar surface area (TPSA) is 36.7 Å². The van der Waals surface area contributed by atoms with Crippen LogP contribution in [0, 0.1) is 3.77 Å². The summed E-state index contributed by atoms with van der Waals surface area (Å²) in [4.78, 5) is 16.8. The van der Waals surface area contributed by atoms with E-state index in [0.29, 0.717) is 11.8 Å². The van der Waals surface area contributed by atoms with Gasteiger partial charge in [-0.25, -0.2) is 0 Å². The first-order valence-corrected chi connectivity index (χ1v) is 7.10. The van der Waals surface area contributed by atoms with E-state index in [0.717, 1.165) is 42.8 Å². The minimum atomic E-state index is 0.0571. The third-order valence-electron chi connectivity index (χ3n) is 3.70. The van der Waals surface area contributed by atoms with E-state index in [1.807, 2.05) is 11.0 Å². The highest BCUT2D eigenvalue weighted by Crippen LogP contribution is 2.23. The number of fused-ring (bicyclic) bond motifs is 4. The standard InChI is InChI=1S/C12H15IN2O2/c13-11-2-1-10(17-11)12(16)15-8-7-14-5-3-9(15)4-6-14/h1-2,9H,3-8H2. The molecule has 0 spiro atoms. The number of carbonyl (C=O) groups is 1. The first-order valence-electron chi connectivity index (χ1n) is 6.03. The first kappa shape index (κ1) is 11.5. The van der Waals surface area contributed by atoms with Crippen molar-refractivity contribution >= 4 is 28.5 Å². The highest BCUT2D eigenvalue weighted by Gasteiger charge is 2.33. The lowest BCUT2D eigenvalue weighted by Gasteiger charge is -2.30. The fourth-order valence-corrected chi connectivity index (χ4v) is 3.14. The molecule has 3 aliphatic rings. The molecular weight excluding hydrogens is 331 g/mol. The Morgan fingerprint density at radius 1 is 1.24 bits per heavy atom. The van der Waals surface area contributed by atoms with Gasteiger partial charge >= 0.3 is 0 Å². The van der Waals surface area contributed by atoms with Crippen LogP contribution >= 0.6 is 22.6 Å². The van der Waals surface area contributed by atoms with Crippen LogP contribution in [0.3, 0.4) is 0 Å². The second-order valence-corrected chi connectivity index (χ2v) is 5.74. The highest BCUT2D eigenvalue weighted by atomic mass is 127. The van der Waals surface area contributed by atoms with Gasteiger partial charge in [-0.15, -0.1) is 0 Å². The number of carbonyl (C=O) groups excluding carboxylic acids is 1. The summed E-state index contributed by atoms with van der Waals surface area (Å²) < 4.78 is 6.20. The van der Waals surface area contributed by atoms with Gasteiger partial charge in [0.05, 0.1) is 0 Å². The van der Waals surface area contributed by atoms with Crippen molar-refractivity contribution < 1.29 is 9.21 Å². The molecule has 5 heteroatoms. The van der Waals surface area contributed by atoms with Gasteiger partial charge in [0.1, 0.15) is 0 Å². The lowest BCUT2D eigenvalue weighted by atomic mass is 10.1. The Labute approximate surface area is 114 Å². The maximum atomic E-state index is 12.4. The van der Waals surface area contributed by atoms with Crippen molar-refractivity contribution in [3.05, 3.63) is 21.7 Å². The Kier molecular flexibility index (Phi) is 3.12. The fourth-order valence-electron chi connectivity index (χ4n) is 2.72. The number of nitrogens with zero attached hydrogens (tertiary/aromatic N) is 2. The van der Waals surface area contributed by atoms with Crippen LogP contribution in [0.2, 0.25) is 0 Å². The predicted octanol–water partition coefficient (Wildman–Crippen LogP) is 1.80. The molecule has 0 N–H and O–H groups in total. The van der Waals surface area contributed by atoms with Crippen LogP contribution in [0.15, 0.2) is 16.5 Å². The van der Waals surface area contributed by atoms with Crippen molar-refractivity contribution in [3.63, 3.8) is 0 Å². The third kappa shape index (κ3) is 2.22. The molecule has 0 aliphatic carbocycles.